The number of hydrogen-bond donors (Lipinski definition) is 3. The molecule has 0 aliphatic carbocycles. The van der Waals surface area contributed by atoms with Gasteiger partial charge in [-0.05, 0) is 18.2 Å². The van der Waals surface area contributed by atoms with E-state index in [9.17, 15) is 20.1 Å². The molecule has 5 heteroatoms. The monoisotopic (exact) mass is 272 g/mol. The number of para-hydroxylation sites is 1. The number of aromatic hydroxyl groups is 3. The van der Waals surface area contributed by atoms with Crippen LogP contribution in [-0.2, 0) is 0 Å². The normalized spacial score (nSPS) is 17.4. The maximum Gasteiger partial charge on any atom is 0.174 e. The molecule has 0 saturated carbocycles. The van der Waals surface area contributed by atoms with E-state index in [1.54, 1.807) is 24.3 Å². The largest absolute Gasteiger partial charge is 0.507 e. The lowest BCUT2D eigenvalue weighted by Gasteiger charge is -2.26. The predicted molar refractivity (Wildman–Crippen MR) is 70.2 cm³/mol. The Kier molecular flexibility index (Phi) is 2.75. The first-order valence-electron chi connectivity index (χ1n) is 6.10. The number of benzene rings is 2. The van der Waals surface area contributed by atoms with Gasteiger partial charge in [-0.15, -0.1) is 0 Å². The summed E-state index contributed by atoms with van der Waals surface area (Å²) in [6.07, 6.45) is -0.703. The fourth-order valence-electron chi connectivity index (χ4n) is 2.35. The highest BCUT2D eigenvalue weighted by Gasteiger charge is 2.31. The molecule has 1 aliphatic heterocycles. The second-order valence-corrected chi connectivity index (χ2v) is 4.60. The van der Waals surface area contributed by atoms with Gasteiger partial charge in [0.2, 0.25) is 0 Å². The molecule has 0 aromatic heterocycles. The highest BCUT2D eigenvalue weighted by molar-refractivity contribution is 6.02. The molecule has 1 heterocycles. The smallest absolute Gasteiger partial charge is 0.174 e. The van der Waals surface area contributed by atoms with E-state index < -0.39 is 6.10 Å². The SMILES string of the molecule is O=C1CC(c2cccc(O)c2O)Oc2cccc(O)c21. The number of carbonyl (C=O) groups is 1. The fourth-order valence-corrected chi connectivity index (χ4v) is 2.35. The third-order valence-electron chi connectivity index (χ3n) is 3.32. The molecule has 3 rings (SSSR count). The van der Waals surface area contributed by atoms with Crippen LogP contribution in [0.3, 0.4) is 0 Å². The Morgan fingerprint density at radius 1 is 1.00 bits per heavy atom. The van der Waals surface area contributed by atoms with Gasteiger partial charge < -0.3 is 20.1 Å². The average Bonchev–Trinajstić information content (AvgIpc) is 2.41. The van der Waals surface area contributed by atoms with Crippen molar-refractivity contribution in [2.45, 2.75) is 12.5 Å². The third-order valence-corrected chi connectivity index (χ3v) is 3.32. The lowest BCUT2D eigenvalue weighted by atomic mass is 9.95. The summed E-state index contributed by atoms with van der Waals surface area (Å²) < 4.78 is 5.65. The Labute approximate surface area is 114 Å². The number of ketones is 1. The average molecular weight is 272 g/mol. The summed E-state index contributed by atoms with van der Waals surface area (Å²) in [7, 11) is 0. The van der Waals surface area contributed by atoms with Gasteiger partial charge in [0.25, 0.3) is 0 Å². The van der Waals surface area contributed by atoms with E-state index in [1.807, 2.05) is 0 Å². The van der Waals surface area contributed by atoms with Crippen LogP contribution in [0.4, 0.5) is 0 Å². The number of fused-ring (bicyclic) bond motifs is 1. The zero-order chi connectivity index (χ0) is 14.3. The van der Waals surface area contributed by atoms with Crippen LogP contribution in [0.1, 0.15) is 28.4 Å². The van der Waals surface area contributed by atoms with E-state index in [0.29, 0.717) is 5.56 Å². The van der Waals surface area contributed by atoms with Crippen LogP contribution >= 0.6 is 0 Å². The van der Waals surface area contributed by atoms with Gasteiger partial charge in [0.05, 0.1) is 6.42 Å². The van der Waals surface area contributed by atoms with Gasteiger partial charge in [0.1, 0.15) is 23.2 Å². The van der Waals surface area contributed by atoms with Gasteiger partial charge in [0.15, 0.2) is 17.3 Å². The number of ether oxygens (including phenoxy) is 1. The molecule has 0 spiro atoms. The minimum Gasteiger partial charge on any atom is -0.507 e. The molecule has 0 bridgehead atoms. The van der Waals surface area contributed by atoms with E-state index in [4.69, 9.17) is 4.74 Å². The molecule has 1 atom stereocenters. The summed E-state index contributed by atoms with van der Waals surface area (Å²) in [5.74, 6) is -0.675. The van der Waals surface area contributed by atoms with Crippen LogP contribution in [0.25, 0.3) is 0 Å². The van der Waals surface area contributed by atoms with Crippen molar-refractivity contribution in [3.8, 4) is 23.0 Å². The van der Waals surface area contributed by atoms with Crippen molar-refractivity contribution < 1.29 is 24.9 Å². The summed E-state index contributed by atoms with van der Waals surface area (Å²) in [6, 6.07) is 9.08. The van der Waals surface area contributed by atoms with Gasteiger partial charge in [-0.3, -0.25) is 4.79 Å². The van der Waals surface area contributed by atoms with Crippen molar-refractivity contribution in [3.05, 3.63) is 47.5 Å². The highest BCUT2D eigenvalue weighted by Crippen LogP contribution is 2.42. The molecule has 0 saturated heterocycles. The summed E-state index contributed by atoms with van der Waals surface area (Å²) >= 11 is 0. The van der Waals surface area contributed by atoms with Gasteiger partial charge in [-0.1, -0.05) is 18.2 Å². The number of carbonyl (C=O) groups excluding carboxylic acids is 1. The van der Waals surface area contributed by atoms with Crippen LogP contribution in [0.15, 0.2) is 36.4 Å². The van der Waals surface area contributed by atoms with Crippen molar-refractivity contribution in [2.24, 2.45) is 0 Å². The molecule has 0 amide bonds. The molecule has 1 aliphatic rings. The highest BCUT2D eigenvalue weighted by atomic mass is 16.5. The predicted octanol–water partition coefficient (Wildman–Crippen LogP) is 2.51. The van der Waals surface area contributed by atoms with Crippen molar-refractivity contribution in [2.75, 3.05) is 0 Å². The second kappa shape index (κ2) is 4.45. The molecular formula is C15H12O5. The van der Waals surface area contributed by atoms with Crippen molar-refractivity contribution >= 4 is 5.78 Å². The van der Waals surface area contributed by atoms with Crippen LogP contribution in [0, 0.1) is 0 Å². The Morgan fingerprint density at radius 2 is 1.70 bits per heavy atom. The van der Waals surface area contributed by atoms with Crippen LogP contribution in [0.2, 0.25) is 0 Å². The van der Waals surface area contributed by atoms with E-state index in [-0.39, 0.29) is 40.8 Å². The zero-order valence-electron chi connectivity index (χ0n) is 10.4. The van der Waals surface area contributed by atoms with Crippen LogP contribution in [0.5, 0.6) is 23.0 Å². The quantitative estimate of drug-likeness (QED) is 0.694. The third kappa shape index (κ3) is 1.84. The molecule has 20 heavy (non-hydrogen) atoms. The molecular weight excluding hydrogens is 260 g/mol. The van der Waals surface area contributed by atoms with E-state index in [2.05, 4.69) is 0 Å². The molecule has 3 N–H and O–H groups in total. The standard InChI is InChI=1S/C15H12O5/c16-9-4-2-6-12-14(9)11(18)7-13(20-12)8-3-1-5-10(17)15(8)19/h1-6,13,16-17,19H,7H2. The first-order chi connectivity index (χ1) is 9.58. The summed E-state index contributed by atoms with van der Waals surface area (Å²) in [6.45, 7) is 0. The number of phenols is 3. The fraction of sp³-hybridized carbons (Fsp3) is 0.133. The maximum absolute atomic E-state index is 12.1. The Balaban J connectivity index is 2.04. The number of phenolic OH excluding ortho intramolecular Hbond substituents is 3. The van der Waals surface area contributed by atoms with Crippen LogP contribution < -0.4 is 4.74 Å². The lowest BCUT2D eigenvalue weighted by molar-refractivity contribution is 0.0842. The number of hydrogen-bond acceptors (Lipinski definition) is 5. The first-order valence-corrected chi connectivity index (χ1v) is 6.10. The van der Waals surface area contributed by atoms with E-state index in [0.717, 1.165) is 0 Å². The van der Waals surface area contributed by atoms with Crippen molar-refractivity contribution in [1.29, 1.82) is 0 Å². The zero-order valence-corrected chi connectivity index (χ0v) is 10.4. The Hall–Kier alpha value is -2.69. The molecule has 5 nitrogen and oxygen atoms in total. The van der Waals surface area contributed by atoms with Gasteiger partial charge >= 0.3 is 0 Å². The van der Waals surface area contributed by atoms with Crippen molar-refractivity contribution in [1.82, 2.24) is 0 Å². The molecule has 102 valence electrons. The number of rotatable bonds is 1. The minimum atomic E-state index is -0.691. The molecule has 2 aromatic rings. The van der Waals surface area contributed by atoms with Crippen molar-refractivity contribution in [3.63, 3.8) is 0 Å². The van der Waals surface area contributed by atoms with Gasteiger partial charge in [-0.2, -0.15) is 0 Å². The molecule has 2 aromatic carbocycles. The van der Waals surface area contributed by atoms with Crippen LogP contribution in [-0.4, -0.2) is 21.1 Å². The molecule has 1 unspecified atom stereocenters. The Morgan fingerprint density at radius 3 is 2.50 bits per heavy atom. The van der Waals surface area contributed by atoms with E-state index >= 15 is 0 Å². The van der Waals surface area contributed by atoms with Gasteiger partial charge in [-0.25, -0.2) is 0 Å². The second-order valence-electron chi connectivity index (χ2n) is 4.60. The molecule has 0 radical (unpaired) electrons. The summed E-state index contributed by atoms with van der Waals surface area (Å²) in [5.41, 5.74) is 0.496. The Bertz CT molecular complexity index is 693. The first kappa shape index (κ1) is 12.3. The minimum absolute atomic E-state index is 0.0123. The molecule has 0 fully saturated rings. The van der Waals surface area contributed by atoms with Gasteiger partial charge in [0, 0.05) is 5.56 Å². The summed E-state index contributed by atoms with van der Waals surface area (Å²) in [5, 5.41) is 29.0. The topological polar surface area (TPSA) is 87.0 Å². The van der Waals surface area contributed by atoms with E-state index in [1.165, 1.54) is 12.1 Å². The number of Topliss-reactive ketones (excluding diaryl/α,β-unsaturated/α-hetero) is 1. The maximum atomic E-state index is 12.1. The lowest BCUT2D eigenvalue weighted by Crippen LogP contribution is -2.20. The summed E-state index contributed by atoms with van der Waals surface area (Å²) in [4.78, 5) is 12.1.